The molecule has 0 radical (unpaired) electrons. The predicted octanol–water partition coefficient (Wildman–Crippen LogP) is 2.91. The van der Waals surface area contributed by atoms with Gasteiger partial charge in [-0.15, -0.1) is 0 Å². The van der Waals surface area contributed by atoms with Crippen LogP contribution in [0.4, 0.5) is 0 Å². The van der Waals surface area contributed by atoms with Gasteiger partial charge in [0.2, 0.25) is 0 Å². The molecule has 1 aliphatic rings. The van der Waals surface area contributed by atoms with E-state index in [0.717, 1.165) is 6.42 Å². The van der Waals surface area contributed by atoms with Crippen LogP contribution in [0, 0.1) is 11.3 Å². The number of rotatable bonds is 3. The van der Waals surface area contributed by atoms with E-state index in [2.05, 4.69) is 20.8 Å². The largest absolute Gasteiger partial charge is 0.369 e. The molecule has 0 aromatic rings. The third-order valence-corrected chi connectivity index (χ3v) is 4.00. The molecule has 0 aliphatic carbocycles. The molecule has 1 heterocycles. The van der Waals surface area contributed by atoms with Gasteiger partial charge in [-0.1, -0.05) is 20.8 Å². The van der Waals surface area contributed by atoms with Crippen LogP contribution in [0.3, 0.4) is 0 Å². The third kappa shape index (κ3) is 3.55. The molecule has 2 unspecified atom stereocenters. The lowest BCUT2D eigenvalue weighted by atomic mass is 9.78. The Morgan fingerprint density at radius 1 is 1.33 bits per heavy atom. The number of Topliss-reactive ketones (excluding diaryl/α,β-unsaturated/α-hetero) is 1. The van der Waals surface area contributed by atoms with E-state index >= 15 is 0 Å². The highest BCUT2D eigenvalue weighted by Gasteiger charge is 2.49. The minimum absolute atomic E-state index is 0.0330. The van der Waals surface area contributed by atoms with E-state index in [0.29, 0.717) is 6.42 Å². The van der Waals surface area contributed by atoms with Crippen molar-refractivity contribution in [1.82, 2.24) is 0 Å². The Morgan fingerprint density at radius 3 is 2.17 bits per heavy atom. The highest BCUT2D eigenvalue weighted by Crippen LogP contribution is 2.43. The number of ether oxygens (including phenoxy) is 1. The number of ketones is 1. The minimum atomic E-state index is -0.377. The van der Waals surface area contributed by atoms with Crippen LogP contribution in [0.2, 0.25) is 0 Å². The summed E-state index contributed by atoms with van der Waals surface area (Å²) >= 11 is 0. The topological polar surface area (TPSA) is 52.3 Å². The van der Waals surface area contributed by atoms with Crippen molar-refractivity contribution < 1.29 is 9.53 Å². The van der Waals surface area contributed by atoms with E-state index in [9.17, 15) is 4.79 Å². The summed E-state index contributed by atoms with van der Waals surface area (Å²) in [7, 11) is 0. The molecule has 18 heavy (non-hydrogen) atoms. The zero-order chi connectivity index (χ0) is 14.4. The summed E-state index contributed by atoms with van der Waals surface area (Å²) in [6, 6.07) is -0.0930. The van der Waals surface area contributed by atoms with Crippen molar-refractivity contribution in [2.24, 2.45) is 17.1 Å². The van der Waals surface area contributed by atoms with Gasteiger partial charge in [0.15, 0.2) is 0 Å². The molecule has 1 rings (SSSR count). The van der Waals surface area contributed by atoms with Gasteiger partial charge in [0.25, 0.3) is 0 Å². The second-order valence-corrected chi connectivity index (χ2v) is 7.86. The number of carbonyl (C=O) groups excluding carboxylic acids is 1. The molecular weight excluding hydrogens is 226 g/mol. The fourth-order valence-electron chi connectivity index (χ4n) is 2.73. The normalized spacial score (nSPS) is 28.1. The number of hydrogen-bond acceptors (Lipinski definition) is 3. The van der Waals surface area contributed by atoms with E-state index in [1.54, 1.807) is 0 Å². The monoisotopic (exact) mass is 255 g/mol. The molecule has 0 bridgehead atoms. The Labute approximate surface area is 111 Å². The lowest BCUT2D eigenvalue weighted by Gasteiger charge is -2.30. The molecule has 1 saturated heterocycles. The Morgan fingerprint density at radius 2 is 1.83 bits per heavy atom. The standard InChI is InChI=1S/C15H29NO2/c1-13(2,3)12(16)8-11(17)10-9-14(4,5)18-15(10,6)7/h10,12H,8-9,16H2,1-7H3. The van der Waals surface area contributed by atoms with Gasteiger partial charge in [-0.3, -0.25) is 4.79 Å². The summed E-state index contributed by atoms with van der Waals surface area (Å²) in [5.41, 5.74) is 5.49. The van der Waals surface area contributed by atoms with Crippen molar-refractivity contribution in [3.05, 3.63) is 0 Å². The Balaban J connectivity index is 2.74. The second-order valence-electron chi connectivity index (χ2n) is 7.86. The van der Waals surface area contributed by atoms with Crippen LogP contribution in [0.15, 0.2) is 0 Å². The first-order valence-electron chi connectivity index (χ1n) is 6.84. The fraction of sp³-hybridized carbons (Fsp3) is 0.933. The van der Waals surface area contributed by atoms with Gasteiger partial charge in [-0.2, -0.15) is 0 Å². The maximum absolute atomic E-state index is 12.4. The average Bonchev–Trinajstić information content (AvgIpc) is 2.32. The maximum atomic E-state index is 12.4. The van der Waals surface area contributed by atoms with Crippen molar-refractivity contribution >= 4 is 5.78 Å². The summed E-state index contributed by atoms with van der Waals surface area (Å²) in [5.74, 6) is 0.203. The van der Waals surface area contributed by atoms with E-state index in [1.807, 2.05) is 27.7 Å². The molecule has 0 aromatic carbocycles. The molecule has 2 atom stereocenters. The Hall–Kier alpha value is -0.410. The molecule has 0 spiro atoms. The molecule has 0 saturated carbocycles. The smallest absolute Gasteiger partial charge is 0.140 e. The van der Waals surface area contributed by atoms with Gasteiger partial charge in [0.05, 0.1) is 11.2 Å². The number of nitrogens with two attached hydrogens (primary N) is 1. The van der Waals surface area contributed by atoms with Crippen LogP contribution in [0.5, 0.6) is 0 Å². The first-order chi connectivity index (χ1) is 7.85. The van der Waals surface area contributed by atoms with Crippen LogP contribution in [0.25, 0.3) is 0 Å². The molecule has 2 N–H and O–H groups in total. The molecule has 1 aliphatic heterocycles. The second kappa shape index (κ2) is 4.61. The van der Waals surface area contributed by atoms with E-state index in [4.69, 9.17) is 10.5 Å². The Bertz CT molecular complexity index is 326. The van der Waals surface area contributed by atoms with Crippen LogP contribution >= 0.6 is 0 Å². The van der Waals surface area contributed by atoms with Gasteiger partial charge >= 0.3 is 0 Å². The summed E-state index contributed by atoms with van der Waals surface area (Å²) in [4.78, 5) is 12.4. The summed E-state index contributed by atoms with van der Waals surface area (Å²) in [6.45, 7) is 14.3. The quantitative estimate of drug-likeness (QED) is 0.843. The Kier molecular flexibility index (Phi) is 4.00. The molecular formula is C15H29NO2. The molecule has 0 amide bonds. The van der Waals surface area contributed by atoms with Crippen molar-refractivity contribution in [2.45, 2.75) is 78.6 Å². The van der Waals surface area contributed by atoms with Gasteiger partial charge < -0.3 is 10.5 Å². The molecule has 3 heteroatoms. The fourth-order valence-corrected chi connectivity index (χ4v) is 2.73. The van der Waals surface area contributed by atoms with Crippen LogP contribution < -0.4 is 5.73 Å². The van der Waals surface area contributed by atoms with Crippen molar-refractivity contribution in [2.75, 3.05) is 0 Å². The highest BCUT2D eigenvalue weighted by atomic mass is 16.5. The maximum Gasteiger partial charge on any atom is 0.140 e. The van der Waals surface area contributed by atoms with E-state index in [-0.39, 0.29) is 34.4 Å². The summed E-state index contributed by atoms with van der Waals surface area (Å²) in [6.07, 6.45) is 1.23. The first-order valence-corrected chi connectivity index (χ1v) is 6.84. The van der Waals surface area contributed by atoms with Gasteiger partial charge in [-0.05, 0) is 39.5 Å². The van der Waals surface area contributed by atoms with Gasteiger partial charge in [-0.25, -0.2) is 0 Å². The average molecular weight is 255 g/mol. The molecule has 3 nitrogen and oxygen atoms in total. The van der Waals surface area contributed by atoms with E-state index < -0.39 is 0 Å². The van der Waals surface area contributed by atoms with E-state index in [1.165, 1.54) is 0 Å². The summed E-state index contributed by atoms with van der Waals surface area (Å²) in [5, 5.41) is 0. The zero-order valence-corrected chi connectivity index (χ0v) is 13.0. The molecule has 1 fully saturated rings. The van der Waals surface area contributed by atoms with Crippen LogP contribution in [-0.2, 0) is 9.53 Å². The molecule has 0 aromatic heterocycles. The van der Waals surface area contributed by atoms with Gasteiger partial charge in [0.1, 0.15) is 5.78 Å². The lowest BCUT2D eigenvalue weighted by Crippen LogP contribution is -2.41. The number of hydrogen-bond donors (Lipinski definition) is 1. The van der Waals surface area contributed by atoms with Gasteiger partial charge in [0, 0.05) is 18.4 Å². The minimum Gasteiger partial charge on any atom is -0.369 e. The van der Waals surface area contributed by atoms with Crippen molar-refractivity contribution in [3.8, 4) is 0 Å². The number of carbonyl (C=O) groups is 1. The lowest BCUT2D eigenvalue weighted by molar-refractivity contribution is -0.130. The van der Waals surface area contributed by atoms with Crippen molar-refractivity contribution in [3.63, 3.8) is 0 Å². The predicted molar refractivity (Wildman–Crippen MR) is 74.4 cm³/mol. The third-order valence-electron chi connectivity index (χ3n) is 4.00. The molecule has 106 valence electrons. The first kappa shape index (κ1) is 15.6. The highest BCUT2D eigenvalue weighted by molar-refractivity contribution is 5.83. The SMILES string of the molecule is CC1(C)CC(C(=O)CC(N)C(C)(C)C)C(C)(C)O1. The summed E-state index contributed by atoms with van der Waals surface area (Å²) < 4.78 is 5.98. The van der Waals surface area contributed by atoms with Crippen molar-refractivity contribution in [1.29, 1.82) is 0 Å². The van der Waals surface area contributed by atoms with Crippen LogP contribution in [0.1, 0.15) is 61.3 Å². The van der Waals surface area contributed by atoms with Crippen LogP contribution in [-0.4, -0.2) is 23.0 Å². The zero-order valence-electron chi connectivity index (χ0n) is 13.0.